The van der Waals surface area contributed by atoms with Crippen LogP contribution >= 0.6 is 11.3 Å². The number of furan rings is 2. The largest absolute Gasteiger partial charge is 0.452 e. The van der Waals surface area contributed by atoms with Crippen LogP contribution in [-0.2, 0) is 0 Å². The van der Waals surface area contributed by atoms with Crippen molar-refractivity contribution in [1.29, 1.82) is 0 Å². The Hall–Kier alpha value is -7.20. The summed E-state index contributed by atoms with van der Waals surface area (Å²) in [6, 6.07) is 66.2. The van der Waals surface area contributed by atoms with Gasteiger partial charge >= 0.3 is 0 Å². The van der Waals surface area contributed by atoms with Crippen LogP contribution in [0, 0.1) is 0 Å². The Balaban J connectivity index is 0.988. The molecule has 57 heavy (non-hydrogen) atoms. The lowest BCUT2D eigenvalue weighted by atomic mass is 9.85. The SMILES string of the molecule is c1ccc2c(c1)oc1c2ccc2c1oc1cc(-c3ccc(-c4c5ccccc5c(-c5ccc6c(c5)sc5ccccc56)c5ccccc45)cc3)c3ccccc3c12. The normalized spacial score (nSPS) is 12.2. The lowest BCUT2D eigenvalue weighted by Gasteiger charge is -2.18. The molecule has 0 saturated heterocycles. The Morgan fingerprint density at radius 1 is 0.298 bits per heavy atom. The van der Waals surface area contributed by atoms with E-state index < -0.39 is 0 Å². The van der Waals surface area contributed by atoms with E-state index in [0.717, 1.165) is 55.0 Å². The van der Waals surface area contributed by atoms with Crippen molar-refractivity contribution >= 4 is 108 Å². The van der Waals surface area contributed by atoms with E-state index in [0.29, 0.717) is 0 Å². The molecule has 264 valence electrons. The molecular weight excluding hydrogens is 713 g/mol. The molecule has 13 aromatic rings. The van der Waals surface area contributed by atoms with E-state index in [2.05, 4.69) is 170 Å². The number of thiophene rings is 1. The topological polar surface area (TPSA) is 26.3 Å². The minimum atomic E-state index is 0.794. The van der Waals surface area contributed by atoms with Crippen LogP contribution in [0.25, 0.3) is 130 Å². The highest BCUT2D eigenvalue weighted by Gasteiger charge is 2.21. The molecule has 0 radical (unpaired) electrons. The molecule has 0 amide bonds. The Kier molecular flexibility index (Phi) is 6.35. The van der Waals surface area contributed by atoms with Crippen LogP contribution in [0.1, 0.15) is 0 Å². The third kappa shape index (κ3) is 4.40. The molecule has 0 spiro atoms. The molecule has 0 bridgehead atoms. The number of hydrogen-bond acceptors (Lipinski definition) is 3. The van der Waals surface area contributed by atoms with Gasteiger partial charge in [-0.15, -0.1) is 11.3 Å². The van der Waals surface area contributed by atoms with Crippen LogP contribution in [0.15, 0.2) is 191 Å². The molecule has 0 aliphatic carbocycles. The number of hydrogen-bond donors (Lipinski definition) is 0. The van der Waals surface area contributed by atoms with E-state index in [4.69, 9.17) is 8.83 Å². The molecule has 0 aliphatic rings. The summed E-state index contributed by atoms with van der Waals surface area (Å²) in [5.41, 5.74) is 10.6. The predicted octanol–water partition coefficient (Wildman–Crippen LogP) is 16.3. The summed E-state index contributed by atoms with van der Waals surface area (Å²) in [6.45, 7) is 0. The third-order valence-corrected chi connectivity index (χ3v) is 13.2. The monoisotopic (exact) mass is 742 g/mol. The maximum absolute atomic E-state index is 6.75. The molecule has 0 unspecified atom stereocenters. The van der Waals surface area contributed by atoms with Gasteiger partial charge in [0.05, 0.1) is 0 Å². The Morgan fingerprint density at radius 3 is 1.53 bits per heavy atom. The van der Waals surface area contributed by atoms with Gasteiger partial charge in [0.1, 0.15) is 11.2 Å². The van der Waals surface area contributed by atoms with Crippen LogP contribution in [0.4, 0.5) is 0 Å². The van der Waals surface area contributed by atoms with Crippen molar-refractivity contribution in [2.75, 3.05) is 0 Å². The predicted molar refractivity (Wildman–Crippen MR) is 243 cm³/mol. The van der Waals surface area contributed by atoms with E-state index in [1.54, 1.807) is 0 Å². The summed E-state index contributed by atoms with van der Waals surface area (Å²) in [6.07, 6.45) is 0. The van der Waals surface area contributed by atoms with Gasteiger partial charge in [-0.2, -0.15) is 0 Å². The van der Waals surface area contributed by atoms with Crippen molar-refractivity contribution in [3.8, 4) is 33.4 Å². The third-order valence-electron chi connectivity index (χ3n) is 12.1. The number of benzene rings is 10. The highest BCUT2D eigenvalue weighted by atomic mass is 32.1. The van der Waals surface area contributed by atoms with E-state index in [1.807, 2.05) is 23.5 Å². The Bertz CT molecular complexity index is 3750. The summed E-state index contributed by atoms with van der Waals surface area (Å²) in [4.78, 5) is 0. The first-order valence-electron chi connectivity index (χ1n) is 19.4. The minimum absolute atomic E-state index is 0.794. The molecule has 0 atom stereocenters. The van der Waals surface area contributed by atoms with E-state index >= 15 is 0 Å². The first-order chi connectivity index (χ1) is 28.3. The standard InChI is InChI=1S/C54H30O2S/c1-2-14-38-34(11-1)45(30-47-52(38)44-28-27-43-35-12-7-9-19-46(35)55-53(43)54(44)56-47)31-21-23-32(24-22-31)50-39-15-3-5-17-41(39)51(42-18-6-4-16-40(42)50)33-25-26-37-36-13-8-10-20-48(36)57-49(37)29-33/h1-30H. The molecule has 13 rings (SSSR count). The molecule has 3 heteroatoms. The average Bonchev–Trinajstić information content (AvgIpc) is 3.96. The van der Waals surface area contributed by atoms with Gasteiger partial charge in [-0.05, 0) is 102 Å². The fraction of sp³-hybridized carbons (Fsp3) is 0. The van der Waals surface area contributed by atoms with Gasteiger partial charge in [0.25, 0.3) is 0 Å². The van der Waals surface area contributed by atoms with Gasteiger partial charge in [-0.3, -0.25) is 0 Å². The molecular formula is C54H30O2S. The lowest BCUT2D eigenvalue weighted by Crippen LogP contribution is -1.91. The fourth-order valence-electron chi connectivity index (χ4n) is 9.57. The highest BCUT2D eigenvalue weighted by Crippen LogP contribution is 2.47. The quantitative estimate of drug-likeness (QED) is 0.169. The second-order valence-corrected chi connectivity index (χ2v) is 16.2. The molecule has 0 N–H and O–H groups in total. The molecule has 10 aromatic carbocycles. The van der Waals surface area contributed by atoms with Crippen LogP contribution in [0.5, 0.6) is 0 Å². The summed E-state index contributed by atoms with van der Waals surface area (Å²) in [7, 11) is 0. The Labute approximate surface area is 330 Å². The average molecular weight is 743 g/mol. The van der Waals surface area contributed by atoms with Gasteiger partial charge < -0.3 is 8.83 Å². The van der Waals surface area contributed by atoms with Crippen molar-refractivity contribution < 1.29 is 8.83 Å². The second kappa shape index (κ2) is 11.7. The molecule has 3 heterocycles. The van der Waals surface area contributed by atoms with Gasteiger partial charge in [0.2, 0.25) is 0 Å². The first-order valence-corrected chi connectivity index (χ1v) is 20.2. The minimum Gasteiger partial charge on any atom is -0.452 e. The molecule has 0 saturated carbocycles. The van der Waals surface area contributed by atoms with Gasteiger partial charge in [0.15, 0.2) is 11.2 Å². The molecule has 0 fully saturated rings. The van der Waals surface area contributed by atoms with Crippen LogP contribution < -0.4 is 0 Å². The van der Waals surface area contributed by atoms with E-state index in [9.17, 15) is 0 Å². The van der Waals surface area contributed by atoms with Gasteiger partial charge in [-0.1, -0.05) is 146 Å². The van der Waals surface area contributed by atoms with Crippen LogP contribution in [-0.4, -0.2) is 0 Å². The number of fused-ring (bicyclic) bond motifs is 14. The van der Waals surface area contributed by atoms with Gasteiger partial charge in [0, 0.05) is 41.7 Å². The van der Waals surface area contributed by atoms with Crippen molar-refractivity contribution in [3.05, 3.63) is 182 Å². The van der Waals surface area contributed by atoms with E-state index in [1.165, 1.54) is 74.7 Å². The van der Waals surface area contributed by atoms with Crippen LogP contribution in [0.2, 0.25) is 0 Å². The zero-order chi connectivity index (χ0) is 37.2. The second-order valence-electron chi connectivity index (χ2n) is 15.1. The zero-order valence-corrected chi connectivity index (χ0v) is 31.4. The van der Waals surface area contributed by atoms with Crippen LogP contribution in [0.3, 0.4) is 0 Å². The molecule has 0 aliphatic heterocycles. The smallest absolute Gasteiger partial charge is 0.178 e. The first kappa shape index (κ1) is 31.1. The summed E-state index contributed by atoms with van der Waals surface area (Å²) in [5, 5.41) is 14.4. The maximum atomic E-state index is 6.75. The van der Waals surface area contributed by atoms with Crippen molar-refractivity contribution in [2.45, 2.75) is 0 Å². The summed E-state index contributed by atoms with van der Waals surface area (Å²) >= 11 is 1.87. The number of rotatable bonds is 3. The van der Waals surface area contributed by atoms with Gasteiger partial charge in [-0.25, -0.2) is 0 Å². The number of para-hydroxylation sites is 1. The highest BCUT2D eigenvalue weighted by molar-refractivity contribution is 7.25. The van der Waals surface area contributed by atoms with E-state index in [-0.39, 0.29) is 0 Å². The maximum Gasteiger partial charge on any atom is 0.178 e. The zero-order valence-electron chi connectivity index (χ0n) is 30.5. The summed E-state index contributed by atoms with van der Waals surface area (Å²) in [5.74, 6) is 0. The summed E-state index contributed by atoms with van der Waals surface area (Å²) < 4.78 is 15.8. The van der Waals surface area contributed by atoms with Crippen molar-refractivity contribution in [3.63, 3.8) is 0 Å². The molecule has 3 aromatic heterocycles. The van der Waals surface area contributed by atoms with Crippen molar-refractivity contribution in [2.24, 2.45) is 0 Å². The molecule has 2 nitrogen and oxygen atoms in total. The fourth-order valence-corrected chi connectivity index (χ4v) is 10.7. The lowest BCUT2D eigenvalue weighted by molar-refractivity contribution is 0.633. The van der Waals surface area contributed by atoms with Crippen molar-refractivity contribution in [1.82, 2.24) is 0 Å². The Morgan fingerprint density at radius 2 is 0.789 bits per heavy atom.